The molecule has 0 unspecified atom stereocenters. The van der Waals surface area contributed by atoms with E-state index in [2.05, 4.69) is 37.5 Å². The average Bonchev–Trinajstić information content (AvgIpc) is 2.81. The summed E-state index contributed by atoms with van der Waals surface area (Å²) >= 11 is 1.79. The number of rotatable bonds is 4. The molecule has 2 heterocycles. The van der Waals surface area contributed by atoms with E-state index in [0.29, 0.717) is 6.54 Å². The Morgan fingerprint density at radius 3 is 2.35 bits per heavy atom. The largest absolute Gasteiger partial charge is 0.346 e. The summed E-state index contributed by atoms with van der Waals surface area (Å²) in [6, 6.07) is 0. The topological polar surface area (TPSA) is 45.4 Å². The van der Waals surface area contributed by atoms with Crippen molar-refractivity contribution >= 4 is 16.5 Å². The Kier molecular flexibility index (Phi) is 5.04. The molecule has 0 aliphatic carbocycles. The predicted octanol–water partition coefficient (Wildman–Crippen LogP) is 2.47. The van der Waals surface area contributed by atoms with Gasteiger partial charge in [0.25, 0.3) is 0 Å². The lowest BCUT2D eigenvalue weighted by atomic mass is 10.1. The van der Waals surface area contributed by atoms with E-state index in [1.54, 1.807) is 11.3 Å². The first-order valence-electron chi connectivity index (χ1n) is 7.64. The molecule has 0 radical (unpaired) electrons. The fourth-order valence-corrected chi connectivity index (χ4v) is 3.70. The maximum Gasteiger partial charge on any atom is 0.185 e. The Labute approximate surface area is 127 Å². The SMILES string of the molecule is CCCc1nc(N2CCN(C(C)(C)C)CC2)sc1CN. The van der Waals surface area contributed by atoms with Crippen LogP contribution >= 0.6 is 11.3 Å². The number of piperazine rings is 1. The van der Waals surface area contributed by atoms with E-state index in [9.17, 15) is 0 Å². The van der Waals surface area contributed by atoms with Crippen molar-refractivity contribution in [1.82, 2.24) is 9.88 Å². The van der Waals surface area contributed by atoms with Gasteiger partial charge in [-0.1, -0.05) is 13.3 Å². The summed E-state index contributed by atoms with van der Waals surface area (Å²) in [5, 5.41) is 1.17. The first-order chi connectivity index (χ1) is 9.45. The van der Waals surface area contributed by atoms with Gasteiger partial charge in [-0.15, -0.1) is 11.3 Å². The smallest absolute Gasteiger partial charge is 0.185 e. The Bertz CT molecular complexity index is 428. The van der Waals surface area contributed by atoms with Crippen molar-refractivity contribution in [2.75, 3.05) is 31.1 Å². The highest BCUT2D eigenvalue weighted by Crippen LogP contribution is 2.28. The monoisotopic (exact) mass is 296 g/mol. The van der Waals surface area contributed by atoms with Gasteiger partial charge >= 0.3 is 0 Å². The van der Waals surface area contributed by atoms with E-state index in [1.165, 1.54) is 15.7 Å². The molecule has 1 aliphatic heterocycles. The fourth-order valence-electron chi connectivity index (χ4n) is 2.67. The molecule has 2 rings (SSSR count). The lowest BCUT2D eigenvalue weighted by molar-refractivity contribution is 0.128. The van der Waals surface area contributed by atoms with Gasteiger partial charge < -0.3 is 10.6 Å². The van der Waals surface area contributed by atoms with Crippen molar-refractivity contribution < 1.29 is 0 Å². The van der Waals surface area contributed by atoms with Gasteiger partial charge in [0.2, 0.25) is 0 Å². The molecule has 4 nitrogen and oxygen atoms in total. The van der Waals surface area contributed by atoms with Crippen molar-refractivity contribution in [2.24, 2.45) is 5.73 Å². The molecule has 0 saturated carbocycles. The molecule has 0 spiro atoms. The minimum atomic E-state index is 0.269. The summed E-state index contributed by atoms with van der Waals surface area (Å²) < 4.78 is 0. The first-order valence-corrected chi connectivity index (χ1v) is 8.46. The number of anilines is 1. The standard InChI is InChI=1S/C15H28N4S/c1-5-6-12-13(11-16)20-14(17-12)18-7-9-19(10-8-18)15(2,3)4/h5-11,16H2,1-4H3. The van der Waals surface area contributed by atoms with Gasteiger partial charge in [-0.25, -0.2) is 4.98 Å². The first kappa shape index (κ1) is 15.7. The van der Waals surface area contributed by atoms with Crippen LogP contribution in [0.3, 0.4) is 0 Å². The van der Waals surface area contributed by atoms with Crippen LogP contribution in [0.25, 0.3) is 0 Å². The molecule has 1 saturated heterocycles. The average molecular weight is 296 g/mol. The third-order valence-electron chi connectivity index (χ3n) is 3.94. The number of aryl methyl sites for hydroxylation is 1. The zero-order valence-corrected chi connectivity index (χ0v) is 14.1. The Hall–Kier alpha value is -0.650. The van der Waals surface area contributed by atoms with E-state index in [1.807, 2.05) is 0 Å². The lowest BCUT2D eigenvalue weighted by Gasteiger charge is -2.42. The zero-order chi connectivity index (χ0) is 14.8. The van der Waals surface area contributed by atoms with Crippen LogP contribution in [0, 0.1) is 0 Å². The van der Waals surface area contributed by atoms with E-state index in [0.717, 1.165) is 39.0 Å². The summed E-state index contributed by atoms with van der Waals surface area (Å²) in [5.74, 6) is 0. The number of nitrogens with zero attached hydrogens (tertiary/aromatic N) is 3. The predicted molar refractivity (Wildman–Crippen MR) is 87.5 cm³/mol. The highest BCUT2D eigenvalue weighted by molar-refractivity contribution is 7.15. The minimum Gasteiger partial charge on any atom is -0.346 e. The van der Waals surface area contributed by atoms with Crippen LogP contribution < -0.4 is 10.6 Å². The summed E-state index contributed by atoms with van der Waals surface area (Å²) in [5.41, 5.74) is 7.33. The van der Waals surface area contributed by atoms with E-state index in [4.69, 9.17) is 10.7 Å². The van der Waals surface area contributed by atoms with E-state index >= 15 is 0 Å². The van der Waals surface area contributed by atoms with Crippen molar-refractivity contribution in [1.29, 1.82) is 0 Å². The third-order valence-corrected chi connectivity index (χ3v) is 5.12. The second-order valence-corrected chi connectivity index (χ2v) is 7.53. The maximum atomic E-state index is 5.85. The van der Waals surface area contributed by atoms with E-state index < -0.39 is 0 Å². The number of aromatic nitrogens is 1. The zero-order valence-electron chi connectivity index (χ0n) is 13.3. The number of hydrogen-bond donors (Lipinski definition) is 1. The Balaban J connectivity index is 2.03. The molecule has 114 valence electrons. The summed E-state index contributed by atoms with van der Waals surface area (Å²) in [7, 11) is 0. The molecule has 1 fully saturated rings. The van der Waals surface area contributed by atoms with Gasteiger partial charge in [-0.05, 0) is 27.2 Å². The van der Waals surface area contributed by atoms with Gasteiger partial charge in [-0.3, -0.25) is 4.90 Å². The van der Waals surface area contributed by atoms with Crippen LogP contribution in [-0.2, 0) is 13.0 Å². The summed E-state index contributed by atoms with van der Waals surface area (Å²) in [6.45, 7) is 14.1. The summed E-state index contributed by atoms with van der Waals surface area (Å²) in [6.07, 6.45) is 2.18. The molecule has 1 aromatic rings. The molecule has 1 aromatic heterocycles. The Morgan fingerprint density at radius 2 is 1.85 bits per heavy atom. The van der Waals surface area contributed by atoms with Crippen LogP contribution in [0.5, 0.6) is 0 Å². The molecule has 20 heavy (non-hydrogen) atoms. The van der Waals surface area contributed by atoms with Gasteiger partial charge in [0.15, 0.2) is 5.13 Å². The molecule has 5 heteroatoms. The van der Waals surface area contributed by atoms with Crippen molar-refractivity contribution in [3.05, 3.63) is 10.6 Å². The van der Waals surface area contributed by atoms with Crippen LogP contribution in [0.2, 0.25) is 0 Å². The number of nitrogens with two attached hydrogens (primary N) is 1. The molecule has 0 atom stereocenters. The molecule has 2 N–H and O–H groups in total. The highest BCUT2D eigenvalue weighted by Gasteiger charge is 2.27. The van der Waals surface area contributed by atoms with Crippen LogP contribution in [-0.4, -0.2) is 41.6 Å². The normalized spacial score (nSPS) is 17.8. The molecule has 0 bridgehead atoms. The van der Waals surface area contributed by atoms with Crippen molar-refractivity contribution in [2.45, 2.75) is 52.6 Å². The molecular weight excluding hydrogens is 268 g/mol. The number of hydrogen-bond acceptors (Lipinski definition) is 5. The maximum absolute atomic E-state index is 5.85. The second kappa shape index (κ2) is 6.41. The van der Waals surface area contributed by atoms with E-state index in [-0.39, 0.29) is 5.54 Å². The minimum absolute atomic E-state index is 0.269. The van der Waals surface area contributed by atoms with Crippen molar-refractivity contribution in [3.63, 3.8) is 0 Å². The summed E-state index contributed by atoms with van der Waals surface area (Å²) in [4.78, 5) is 11.1. The number of thiazole rings is 1. The molecule has 0 amide bonds. The van der Waals surface area contributed by atoms with Crippen LogP contribution in [0.15, 0.2) is 0 Å². The van der Waals surface area contributed by atoms with Gasteiger partial charge in [0.05, 0.1) is 5.69 Å². The van der Waals surface area contributed by atoms with Crippen LogP contribution in [0.4, 0.5) is 5.13 Å². The van der Waals surface area contributed by atoms with Gasteiger partial charge in [0, 0.05) is 43.1 Å². The van der Waals surface area contributed by atoms with Crippen LogP contribution in [0.1, 0.15) is 44.7 Å². The Morgan fingerprint density at radius 1 is 1.20 bits per heavy atom. The van der Waals surface area contributed by atoms with Gasteiger partial charge in [-0.2, -0.15) is 0 Å². The molecule has 0 aromatic carbocycles. The van der Waals surface area contributed by atoms with Crippen molar-refractivity contribution in [3.8, 4) is 0 Å². The second-order valence-electron chi connectivity index (χ2n) is 6.47. The third kappa shape index (κ3) is 3.51. The quantitative estimate of drug-likeness (QED) is 0.927. The molecule has 1 aliphatic rings. The molecular formula is C15H28N4S. The highest BCUT2D eigenvalue weighted by atomic mass is 32.1. The van der Waals surface area contributed by atoms with Gasteiger partial charge in [0.1, 0.15) is 0 Å². The fraction of sp³-hybridized carbons (Fsp3) is 0.800. The lowest BCUT2D eigenvalue weighted by Crippen LogP contribution is -2.53.